The highest BCUT2D eigenvalue weighted by Gasteiger charge is 2.34. The molecule has 7 nitrogen and oxygen atoms in total. The third-order valence-electron chi connectivity index (χ3n) is 3.20. The molecule has 106 valence electrons. The summed E-state index contributed by atoms with van der Waals surface area (Å²) in [5.41, 5.74) is 0. The first kappa shape index (κ1) is 14.3. The molecule has 2 atom stereocenters. The van der Waals surface area contributed by atoms with Crippen molar-refractivity contribution in [1.82, 2.24) is 14.5 Å². The summed E-state index contributed by atoms with van der Waals surface area (Å²) in [5.74, 6) is -1.38. The first-order valence-electron chi connectivity index (χ1n) is 5.74. The molecular weight excluding hydrogens is 294 g/mol. The molecule has 0 amide bonds. The number of hydrogen-bond acceptors (Lipinski definition) is 4. The summed E-state index contributed by atoms with van der Waals surface area (Å²) >= 11 is 5.80. The van der Waals surface area contributed by atoms with Crippen LogP contribution in [0.5, 0.6) is 0 Å². The van der Waals surface area contributed by atoms with Gasteiger partial charge in [0.1, 0.15) is 0 Å². The number of nitrogens with zero attached hydrogens (tertiary/aromatic N) is 2. The Morgan fingerprint density at radius 2 is 2.26 bits per heavy atom. The molecule has 1 aliphatic carbocycles. The topological polar surface area (TPSA) is 101 Å². The lowest BCUT2D eigenvalue weighted by molar-refractivity contribution is -0.141. The predicted octanol–water partition coefficient (Wildman–Crippen LogP) is 0.605. The minimum atomic E-state index is -3.79. The molecule has 2 N–H and O–H groups in total. The van der Waals surface area contributed by atoms with Gasteiger partial charge in [-0.15, -0.1) is 0 Å². The highest BCUT2D eigenvalue weighted by molar-refractivity contribution is 7.89. The standard InChI is InChI=1S/C10H14ClN3O4S/c1-14-9(8(11)5-12-14)19(17,18)13-7-3-2-6(4-7)10(15)16/h5-7,13H,2-4H2,1H3,(H,15,16)/t6-,7+/m1/s1. The average molecular weight is 308 g/mol. The third-order valence-corrected chi connectivity index (χ3v) is 5.23. The number of nitrogens with one attached hydrogen (secondary N) is 1. The Hall–Kier alpha value is -1.12. The van der Waals surface area contributed by atoms with E-state index in [1.54, 1.807) is 0 Å². The Balaban J connectivity index is 2.13. The predicted molar refractivity (Wildman–Crippen MR) is 67.3 cm³/mol. The fraction of sp³-hybridized carbons (Fsp3) is 0.600. The summed E-state index contributed by atoms with van der Waals surface area (Å²) in [5, 5.41) is 12.6. The smallest absolute Gasteiger partial charge is 0.306 e. The van der Waals surface area contributed by atoms with Crippen LogP contribution in [0, 0.1) is 5.92 Å². The van der Waals surface area contributed by atoms with Crippen LogP contribution in [0.15, 0.2) is 11.2 Å². The molecule has 2 rings (SSSR count). The maximum Gasteiger partial charge on any atom is 0.306 e. The van der Waals surface area contributed by atoms with Gasteiger partial charge < -0.3 is 5.11 Å². The van der Waals surface area contributed by atoms with Crippen molar-refractivity contribution >= 4 is 27.6 Å². The van der Waals surface area contributed by atoms with Gasteiger partial charge in [0.2, 0.25) is 0 Å². The second kappa shape index (κ2) is 5.10. The zero-order valence-electron chi connectivity index (χ0n) is 10.2. The number of carbonyl (C=O) groups is 1. The van der Waals surface area contributed by atoms with E-state index in [0.29, 0.717) is 19.3 Å². The van der Waals surface area contributed by atoms with E-state index in [0.717, 1.165) is 0 Å². The van der Waals surface area contributed by atoms with Gasteiger partial charge in [-0.25, -0.2) is 13.1 Å². The van der Waals surface area contributed by atoms with E-state index in [1.807, 2.05) is 0 Å². The molecule has 1 fully saturated rings. The maximum atomic E-state index is 12.2. The number of carboxylic acid groups (broad SMARTS) is 1. The van der Waals surface area contributed by atoms with Crippen LogP contribution in [0.4, 0.5) is 0 Å². The Morgan fingerprint density at radius 3 is 2.74 bits per heavy atom. The molecule has 1 heterocycles. The van der Waals surface area contributed by atoms with Gasteiger partial charge in [0.25, 0.3) is 10.0 Å². The first-order chi connectivity index (χ1) is 8.81. The number of aliphatic carboxylic acids is 1. The van der Waals surface area contributed by atoms with Crippen LogP contribution >= 0.6 is 11.6 Å². The zero-order valence-corrected chi connectivity index (χ0v) is 11.8. The van der Waals surface area contributed by atoms with Crippen molar-refractivity contribution in [3.63, 3.8) is 0 Å². The SMILES string of the molecule is Cn1ncc(Cl)c1S(=O)(=O)N[C@H]1CC[C@@H](C(=O)O)C1. The Kier molecular flexibility index (Phi) is 3.84. The molecule has 9 heteroatoms. The van der Waals surface area contributed by atoms with Gasteiger partial charge in [-0.2, -0.15) is 5.10 Å². The largest absolute Gasteiger partial charge is 0.481 e. The van der Waals surface area contributed by atoms with Gasteiger partial charge in [-0.3, -0.25) is 9.48 Å². The maximum absolute atomic E-state index is 12.2. The lowest BCUT2D eigenvalue weighted by atomic mass is 10.1. The molecule has 1 aromatic rings. The van der Waals surface area contributed by atoms with E-state index < -0.39 is 21.9 Å². The molecule has 0 aliphatic heterocycles. The normalized spacial score (nSPS) is 23.7. The van der Waals surface area contributed by atoms with E-state index in [1.165, 1.54) is 17.9 Å². The number of aromatic nitrogens is 2. The molecule has 1 aromatic heterocycles. The molecule has 0 spiro atoms. The summed E-state index contributed by atoms with van der Waals surface area (Å²) in [4.78, 5) is 10.8. The lowest BCUT2D eigenvalue weighted by Gasteiger charge is -2.13. The molecule has 0 aromatic carbocycles. The average Bonchev–Trinajstić information content (AvgIpc) is 2.85. The Labute approximate surface area is 115 Å². The second-order valence-corrected chi connectivity index (χ2v) is 6.62. The number of aryl methyl sites for hydroxylation is 1. The molecule has 19 heavy (non-hydrogen) atoms. The van der Waals surface area contributed by atoms with E-state index >= 15 is 0 Å². The van der Waals surface area contributed by atoms with Crippen molar-refractivity contribution in [2.24, 2.45) is 13.0 Å². The van der Waals surface area contributed by atoms with Gasteiger partial charge in [-0.05, 0) is 19.3 Å². The van der Waals surface area contributed by atoms with E-state index in [2.05, 4.69) is 9.82 Å². The van der Waals surface area contributed by atoms with Crippen LogP contribution < -0.4 is 4.72 Å². The second-order valence-electron chi connectivity index (χ2n) is 4.59. The quantitative estimate of drug-likeness (QED) is 0.848. The van der Waals surface area contributed by atoms with Crippen molar-refractivity contribution < 1.29 is 18.3 Å². The molecule has 1 saturated carbocycles. The van der Waals surface area contributed by atoms with Gasteiger partial charge in [0.15, 0.2) is 5.03 Å². The van der Waals surface area contributed by atoms with Gasteiger partial charge in [-0.1, -0.05) is 11.6 Å². The number of carboxylic acids is 1. The third kappa shape index (κ3) is 2.90. The molecule has 0 bridgehead atoms. The van der Waals surface area contributed by atoms with Crippen molar-refractivity contribution in [3.8, 4) is 0 Å². The van der Waals surface area contributed by atoms with E-state index in [-0.39, 0.29) is 16.1 Å². The molecule has 0 saturated heterocycles. The van der Waals surface area contributed by atoms with E-state index in [9.17, 15) is 13.2 Å². The lowest BCUT2D eigenvalue weighted by Crippen LogP contribution is -2.34. The number of halogens is 1. The van der Waals surface area contributed by atoms with Crippen molar-refractivity contribution in [2.75, 3.05) is 0 Å². The van der Waals surface area contributed by atoms with Crippen molar-refractivity contribution in [3.05, 3.63) is 11.2 Å². The summed E-state index contributed by atoms with van der Waals surface area (Å²) in [7, 11) is -2.30. The van der Waals surface area contributed by atoms with Gasteiger partial charge in [0, 0.05) is 13.1 Å². The van der Waals surface area contributed by atoms with E-state index in [4.69, 9.17) is 16.7 Å². The summed E-state index contributed by atoms with van der Waals surface area (Å²) in [6, 6.07) is -0.378. The van der Waals surface area contributed by atoms with Crippen LogP contribution in [0.25, 0.3) is 0 Å². The summed E-state index contributed by atoms with van der Waals surface area (Å²) in [6.45, 7) is 0. The minimum absolute atomic E-state index is 0.0442. The molecular formula is C10H14ClN3O4S. The highest BCUT2D eigenvalue weighted by atomic mass is 35.5. The van der Waals surface area contributed by atoms with Crippen molar-refractivity contribution in [1.29, 1.82) is 0 Å². The van der Waals surface area contributed by atoms with Crippen LogP contribution in [0.2, 0.25) is 5.02 Å². The van der Waals surface area contributed by atoms with Crippen LogP contribution in [0.3, 0.4) is 0 Å². The summed E-state index contributed by atoms with van der Waals surface area (Å²) in [6.07, 6.45) is 2.53. The molecule has 0 radical (unpaired) electrons. The molecule has 0 unspecified atom stereocenters. The van der Waals surface area contributed by atoms with Gasteiger partial charge >= 0.3 is 5.97 Å². The minimum Gasteiger partial charge on any atom is -0.481 e. The fourth-order valence-electron chi connectivity index (χ4n) is 2.29. The molecule has 1 aliphatic rings. The van der Waals surface area contributed by atoms with Crippen LogP contribution in [-0.4, -0.2) is 35.3 Å². The van der Waals surface area contributed by atoms with Crippen LogP contribution in [0.1, 0.15) is 19.3 Å². The number of sulfonamides is 1. The van der Waals surface area contributed by atoms with Gasteiger partial charge in [0.05, 0.1) is 17.1 Å². The van der Waals surface area contributed by atoms with Crippen molar-refractivity contribution in [2.45, 2.75) is 30.3 Å². The highest BCUT2D eigenvalue weighted by Crippen LogP contribution is 2.28. The Bertz CT molecular complexity index is 578. The fourth-order valence-corrected chi connectivity index (χ4v) is 4.23. The number of hydrogen-bond donors (Lipinski definition) is 2. The first-order valence-corrected chi connectivity index (χ1v) is 7.60. The number of rotatable bonds is 4. The monoisotopic (exact) mass is 307 g/mol. The zero-order chi connectivity index (χ0) is 14.2. The summed E-state index contributed by atoms with van der Waals surface area (Å²) < 4.78 is 28.0. The Morgan fingerprint density at radius 1 is 1.58 bits per heavy atom. The van der Waals surface area contributed by atoms with Crippen LogP contribution in [-0.2, 0) is 21.9 Å².